The Morgan fingerprint density at radius 3 is 2.67 bits per heavy atom. The largest absolute Gasteiger partial charge is 0.462 e. The average Bonchev–Trinajstić information content (AvgIpc) is 2.44. The summed E-state index contributed by atoms with van der Waals surface area (Å²) in [5.41, 5.74) is 0. The Hall–Kier alpha value is -1.83. The van der Waals surface area contributed by atoms with Gasteiger partial charge in [0.25, 0.3) is 5.88 Å². The van der Waals surface area contributed by atoms with Gasteiger partial charge in [-0.1, -0.05) is 26.7 Å². The number of anilines is 1. The van der Waals surface area contributed by atoms with Crippen LogP contribution >= 0.6 is 0 Å². The number of halogens is 1. The molecule has 2 atom stereocenters. The summed E-state index contributed by atoms with van der Waals surface area (Å²) in [6, 6.07) is 0. The van der Waals surface area contributed by atoms with E-state index in [-0.39, 0.29) is 12.5 Å². The molecule has 0 aliphatic carbocycles. The Labute approximate surface area is 125 Å². The van der Waals surface area contributed by atoms with Crippen LogP contribution in [-0.2, 0) is 0 Å². The minimum atomic E-state index is -0.489. The third kappa shape index (κ3) is 4.07. The molecule has 1 aliphatic rings. The summed E-state index contributed by atoms with van der Waals surface area (Å²) in [6.07, 6.45) is 3.27. The van der Waals surface area contributed by atoms with Crippen LogP contribution < -0.4 is 9.64 Å². The Balaban J connectivity index is 2.13. The highest BCUT2D eigenvalue weighted by Crippen LogP contribution is 2.29. The zero-order valence-electron chi connectivity index (χ0n) is 12.9. The number of rotatable bonds is 3. The Kier molecular flexibility index (Phi) is 5.38. The zero-order valence-corrected chi connectivity index (χ0v) is 12.9. The van der Waals surface area contributed by atoms with E-state index < -0.39 is 5.82 Å². The van der Waals surface area contributed by atoms with Crippen molar-refractivity contribution >= 4 is 5.82 Å². The van der Waals surface area contributed by atoms with E-state index in [1.54, 1.807) is 0 Å². The van der Waals surface area contributed by atoms with Crippen LogP contribution in [0.3, 0.4) is 0 Å². The second-order valence-corrected chi connectivity index (χ2v) is 5.66. The molecular formula is C16H22FN3O. The van der Waals surface area contributed by atoms with Crippen LogP contribution in [0, 0.1) is 29.5 Å². The van der Waals surface area contributed by atoms with Gasteiger partial charge in [0.05, 0.1) is 0 Å². The topological polar surface area (TPSA) is 38.3 Å². The number of piperidine rings is 1. The van der Waals surface area contributed by atoms with Gasteiger partial charge < -0.3 is 9.64 Å². The van der Waals surface area contributed by atoms with E-state index in [1.165, 1.54) is 12.7 Å². The maximum absolute atomic E-state index is 14.5. The first-order chi connectivity index (χ1) is 10.1. The summed E-state index contributed by atoms with van der Waals surface area (Å²) >= 11 is 0. The third-order valence-corrected chi connectivity index (χ3v) is 3.49. The molecule has 0 amide bonds. The van der Waals surface area contributed by atoms with E-state index in [9.17, 15) is 4.39 Å². The number of hydrogen-bond acceptors (Lipinski definition) is 4. The molecule has 0 saturated carbocycles. The van der Waals surface area contributed by atoms with E-state index in [1.807, 2.05) is 11.8 Å². The van der Waals surface area contributed by atoms with E-state index in [0.29, 0.717) is 17.7 Å². The average molecular weight is 291 g/mol. The van der Waals surface area contributed by atoms with Crippen molar-refractivity contribution in [2.24, 2.45) is 11.8 Å². The molecule has 114 valence electrons. The van der Waals surface area contributed by atoms with Crippen LogP contribution in [0.25, 0.3) is 0 Å². The summed E-state index contributed by atoms with van der Waals surface area (Å²) < 4.78 is 19.8. The van der Waals surface area contributed by atoms with Crippen molar-refractivity contribution in [1.29, 1.82) is 0 Å². The molecule has 0 aromatic carbocycles. The van der Waals surface area contributed by atoms with Crippen molar-refractivity contribution in [3.05, 3.63) is 12.1 Å². The van der Waals surface area contributed by atoms with Gasteiger partial charge in [0, 0.05) is 19.5 Å². The highest BCUT2D eigenvalue weighted by molar-refractivity contribution is 5.43. The van der Waals surface area contributed by atoms with Crippen molar-refractivity contribution in [1.82, 2.24) is 9.97 Å². The quantitative estimate of drug-likeness (QED) is 0.803. The molecule has 0 spiro atoms. The normalized spacial score (nSPS) is 21.6. The van der Waals surface area contributed by atoms with Crippen molar-refractivity contribution in [3.63, 3.8) is 0 Å². The summed E-state index contributed by atoms with van der Waals surface area (Å²) in [5, 5.41) is 0. The lowest BCUT2D eigenvalue weighted by Gasteiger charge is -2.35. The number of aromatic nitrogens is 2. The Morgan fingerprint density at radius 2 is 2.00 bits per heavy atom. The van der Waals surface area contributed by atoms with Gasteiger partial charge in [-0.2, -0.15) is 9.37 Å². The molecule has 0 bridgehead atoms. The van der Waals surface area contributed by atoms with Crippen LogP contribution in [0.4, 0.5) is 10.2 Å². The molecule has 1 saturated heterocycles. The number of nitrogens with zero attached hydrogens (tertiary/aromatic N) is 3. The first-order valence-corrected chi connectivity index (χ1v) is 7.45. The molecule has 4 nitrogen and oxygen atoms in total. The Morgan fingerprint density at radius 1 is 1.29 bits per heavy atom. The first kappa shape index (κ1) is 15.6. The predicted molar refractivity (Wildman–Crippen MR) is 80.7 cm³/mol. The number of ether oxygens (including phenoxy) is 1. The van der Waals surface area contributed by atoms with Gasteiger partial charge in [0.1, 0.15) is 6.33 Å². The summed E-state index contributed by atoms with van der Waals surface area (Å²) in [4.78, 5) is 9.95. The minimum Gasteiger partial charge on any atom is -0.462 e. The molecular weight excluding hydrogens is 269 g/mol. The monoisotopic (exact) mass is 291 g/mol. The molecule has 1 fully saturated rings. The fraction of sp³-hybridized carbons (Fsp3) is 0.625. The van der Waals surface area contributed by atoms with Crippen molar-refractivity contribution in [2.75, 3.05) is 24.6 Å². The molecule has 5 heteroatoms. The van der Waals surface area contributed by atoms with Crippen LogP contribution in [0.1, 0.15) is 33.6 Å². The fourth-order valence-corrected chi connectivity index (χ4v) is 2.78. The lowest BCUT2D eigenvalue weighted by Crippen LogP contribution is -2.39. The number of hydrogen-bond donors (Lipinski definition) is 0. The van der Waals surface area contributed by atoms with Crippen molar-refractivity contribution in [2.45, 2.75) is 33.6 Å². The van der Waals surface area contributed by atoms with Crippen LogP contribution in [0.2, 0.25) is 0 Å². The van der Waals surface area contributed by atoms with Gasteiger partial charge in [-0.25, -0.2) is 4.98 Å². The van der Waals surface area contributed by atoms with E-state index in [4.69, 9.17) is 4.74 Å². The van der Waals surface area contributed by atoms with Gasteiger partial charge in [0.15, 0.2) is 12.4 Å². The molecule has 2 unspecified atom stereocenters. The molecule has 1 aromatic rings. The van der Waals surface area contributed by atoms with Gasteiger partial charge in [-0.3, -0.25) is 0 Å². The van der Waals surface area contributed by atoms with Gasteiger partial charge >= 0.3 is 0 Å². The molecule has 0 N–H and O–H groups in total. The highest BCUT2D eigenvalue weighted by atomic mass is 19.1. The molecule has 0 radical (unpaired) electrons. The molecule has 1 aliphatic heterocycles. The van der Waals surface area contributed by atoms with Crippen LogP contribution in [0.15, 0.2) is 6.33 Å². The molecule has 2 rings (SSSR count). The van der Waals surface area contributed by atoms with Gasteiger partial charge in [-0.05, 0) is 18.3 Å². The summed E-state index contributed by atoms with van der Waals surface area (Å²) in [5.74, 6) is 6.58. The fourth-order valence-electron chi connectivity index (χ4n) is 2.78. The van der Waals surface area contributed by atoms with E-state index in [0.717, 1.165) is 19.5 Å². The van der Waals surface area contributed by atoms with Crippen LogP contribution in [0.5, 0.6) is 5.88 Å². The summed E-state index contributed by atoms with van der Waals surface area (Å²) in [7, 11) is 0. The van der Waals surface area contributed by atoms with Crippen molar-refractivity contribution in [3.8, 4) is 17.7 Å². The van der Waals surface area contributed by atoms with E-state index >= 15 is 0 Å². The van der Waals surface area contributed by atoms with Crippen molar-refractivity contribution < 1.29 is 9.13 Å². The Bertz CT molecular complexity index is 528. The van der Waals surface area contributed by atoms with E-state index in [2.05, 4.69) is 35.7 Å². The SMILES string of the molecule is CCC#CCOc1ncnc(N2CC(C)CC(C)C2)c1F. The first-order valence-electron chi connectivity index (χ1n) is 7.45. The smallest absolute Gasteiger partial charge is 0.256 e. The molecule has 21 heavy (non-hydrogen) atoms. The maximum Gasteiger partial charge on any atom is 0.256 e. The standard InChI is InChI=1S/C16H22FN3O/c1-4-5-6-7-21-16-14(17)15(18-11-19-16)20-9-12(2)8-13(3)10-20/h11-13H,4,7-10H2,1-3H3. The minimum absolute atomic E-state index is 0.0173. The lowest BCUT2D eigenvalue weighted by atomic mass is 9.92. The lowest BCUT2D eigenvalue weighted by molar-refractivity contribution is 0.324. The predicted octanol–water partition coefficient (Wildman–Crippen LogP) is 2.89. The highest BCUT2D eigenvalue weighted by Gasteiger charge is 2.26. The van der Waals surface area contributed by atoms with Gasteiger partial charge in [0.2, 0.25) is 5.82 Å². The zero-order chi connectivity index (χ0) is 15.2. The second kappa shape index (κ2) is 7.26. The molecule has 1 aromatic heterocycles. The van der Waals surface area contributed by atoms with Gasteiger partial charge in [-0.15, -0.1) is 5.92 Å². The third-order valence-electron chi connectivity index (χ3n) is 3.49. The second-order valence-electron chi connectivity index (χ2n) is 5.66. The molecule has 2 heterocycles. The summed E-state index contributed by atoms with van der Waals surface area (Å²) in [6.45, 7) is 8.09. The van der Waals surface area contributed by atoms with Crippen LogP contribution in [-0.4, -0.2) is 29.7 Å². The maximum atomic E-state index is 14.5.